The van der Waals surface area contributed by atoms with Crippen molar-refractivity contribution in [3.8, 4) is 11.5 Å². The number of aromatic carboxylic acids is 1. The minimum atomic E-state index is -1.12. The summed E-state index contributed by atoms with van der Waals surface area (Å²) in [7, 11) is 1.42. The highest BCUT2D eigenvalue weighted by atomic mass is 16.5. The Balaban J connectivity index is 0.000000861. The Kier molecular flexibility index (Phi) is 5.20. The van der Waals surface area contributed by atoms with Crippen molar-refractivity contribution >= 4 is 13.1 Å². The van der Waals surface area contributed by atoms with Crippen molar-refractivity contribution in [2.24, 2.45) is 0 Å². The molecule has 2 rings (SSSR count). The monoisotopic (exact) mass is 268 g/mol. The van der Waals surface area contributed by atoms with Crippen LogP contribution in [-0.4, -0.2) is 42.5 Å². The molecule has 0 saturated carbocycles. The zero-order valence-corrected chi connectivity index (χ0v) is 11.1. The summed E-state index contributed by atoms with van der Waals surface area (Å²) in [5.41, 5.74) is 0.747. The first-order chi connectivity index (χ1) is 9.04. The molecule has 19 heavy (non-hydrogen) atoms. The van der Waals surface area contributed by atoms with E-state index in [0.29, 0.717) is 6.42 Å². The van der Waals surface area contributed by atoms with Crippen molar-refractivity contribution in [3.63, 3.8) is 0 Å². The van der Waals surface area contributed by atoms with E-state index in [-0.39, 0.29) is 22.9 Å². The van der Waals surface area contributed by atoms with Crippen LogP contribution in [0.1, 0.15) is 22.8 Å². The topological polar surface area (TPSA) is 96.2 Å². The summed E-state index contributed by atoms with van der Waals surface area (Å²) < 4.78 is 10.3. The molecular formula is C12H17BO6. The van der Waals surface area contributed by atoms with E-state index in [4.69, 9.17) is 19.6 Å². The molecule has 0 aliphatic carbocycles. The third-order valence-corrected chi connectivity index (χ3v) is 2.90. The SMILES string of the molecule is CO.COc1ccc2c(c1C(=O)O)OB(O)C(C)C2. The van der Waals surface area contributed by atoms with Gasteiger partial charge in [0.1, 0.15) is 17.1 Å². The number of rotatable bonds is 2. The van der Waals surface area contributed by atoms with Crippen LogP contribution in [0.2, 0.25) is 5.82 Å². The van der Waals surface area contributed by atoms with E-state index in [1.54, 1.807) is 12.1 Å². The molecule has 1 heterocycles. The van der Waals surface area contributed by atoms with E-state index in [2.05, 4.69) is 0 Å². The zero-order chi connectivity index (χ0) is 14.6. The Morgan fingerprint density at radius 1 is 1.47 bits per heavy atom. The van der Waals surface area contributed by atoms with Gasteiger partial charge in [-0.15, -0.1) is 0 Å². The third-order valence-electron chi connectivity index (χ3n) is 2.90. The summed E-state index contributed by atoms with van der Waals surface area (Å²) in [6.07, 6.45) is 0.584. The van der Waals surface area contributed by atoms with Crippen molar-refractivity contribution < 1.29 is 29.4 Å². The van der Waals surface area contributed by atoms with Crippen LogP contribution in [0.4, 0.5) is 0 Å². The second-order valence-corrected chi connectivity index (χ2v) is 4.13. The van der Waals surface area contributed by atoms with Crippen molar-refractivity contribution in [1.82, 2.24) is 0 Å². The van der Waals surface area contributed by atoms with Crippen LogP contribution in [0.3, 0.4) is 0 Å². The van der Waals surface area contributed by atoms with Gasteiger partial charge in [0.05, 0.1) is 7.11 Å². The summed E-state index contributed by atoms with van der Waals surface area (Å²) in [4.78, 5) is 11.2. The lowest BCUT2D eigenvalue weighted by atomic mass is 9.68. The van der Waals surface area contributed by atoms with Gasteiger partial charge in [-0.1, -0.05) is 13.0 Å². The zero-order valence-electron chi connectivity index (χ0n) is 11.1. The summed E-state index contributed by atoms with van der Waals surface area (Å²) >= 11 is 0. The van der Waals surface area contributed by atoms with E-state index < -0.39 is 13.1 Å². The number of carboxylic acid groups (broad SMARTS) is 1. The molecule has 104 valence electrons. The van der Waals surface area contributed by atoms with Crippen molar-refractivity contribution in [1.29, 1.82) is 0 Å². The Bertz CT molecular complexity index is 462. The first-order valence-electron chi connectivity index (χ1n) is 5.77. The molecule has 3 N–H and O–H groups in total. The number of carbonyl (C=O) groups is 1. The van der Waals surface area contributed by atoms with E-state index in [1.807, 2.05) is 6.92 Å². The number of methoxy groups -OCH3 is 1. The molecule has 0 saturated heterocycles. The number of hydrogen-bond donors (Lipinski definition) is 3. The average molecular weight is 268 g/mol. The fourth-order valence-electron chi connectivity index (χ4n) is 1.96. The Morgan fingerprint density at radius 3 is 2.63 bits per heavy atom. The predicted molar refractivity (Wildman–Crippen MR) is 69.8 cm³/mol. The number of ether oxygens (including phenoxy) is 1. The Labute approximate surface area is 111 Å². The maximum atomic E-state index is 11.2. The van der Waals surface area contributed by atoms with Crippen LogP contribution in [0.25, 0.3) is 0 Å². The van der Waals surface area contributed by atoms with Gasteiger partial charge in [-0.3, -0.25) is 0 Å². The minimum Gasteiger partial charge on any atom is -0.535 e. The number of fused-ring (bicyclic) bond motifs is 1. The van der Waals surface area contributed by atoms with Crippen molar-refractivity contribution in [2.75, 3.05) is 14.2 Å². The molecule has 1 atom stereocenters. The molecule has 1 aromatic carbocycles. The first-order valence-corrected chi connectivity index (χ1v) is 5.77. The molecule has 1 aliphatic heterocycles. The molecule has 0 aromatic heterocycles. The van der Waals surface area contributed by atoms with Gasteiger partial charge < -0.3 is 24.6 Å². The summed E-state index contributed by atoms with van der Waals surface area (Å²) in [6.45, 7) is 1.85. The highest BCUT2D eigenvalue weighted by molar-refractivity contribution is 6.46. The molecule has 0 bridgehead atoms. The minimum absolute atomic E-state index is 0.0315. The normalized spacial score (nSPS) is 16.7. The van der Waals surface area contributed by atoms with E-state index in [0.717, 1.165) is 12.7 Å². The molecule has 1 unspecified atom stereocenters. The van der Waals surface area contributed by atoms with Gasteiger partial charge in [0.15, 0.2) is 0 Å². The van der Waals surface area contributed by atoms with Crippen LogP contribution in [0, 0.1) is 0 Å². The largest absolute Gasteiger partial charge is 0.535 e. The smallest absolute Gasteiger partial charge is 0.525 e. The van der Waals surface area contributed by atoms with Gasteiger partial charge in [0, 0.05) is 12.9 Å². The molecule has 7 heteroatoms. The molecule has 0 amide bonds. The van der Waals surface area contributed by atoms with Gasteiger partial charge >= 0.3 is 13.1 Å². The van der Waals surface area contributed by atoms with E-state index in [1.165, 1.54) is 7.11 Å². The molecule has 0 fully saturated rings. The van der Waals surface area contributed by atoms with Gasteiger partial charge in [-0.25, -0.2) is 4.79 Å². The van der Waals surface area contributed by atoms with Crippen LogP contribution in [0.5, 0.6) is 11.5 Å². The van der Waals surface area contributed by atoms with Crippen LogP contribution < -0.4 is 9.39 Å². The number of aliphatic hydroxyl groups is 1. The number of benzene rings is 1. The first kappa shape index (κ1) is 15.3. The van der Waals surface area contributed by atoms with Gasteiger partial charge in [0.2, 0.25) is 0 Å². The van der Waals surface area contributed by atoms with E-state index in [9.17, 15) is 9.82 Å². The van der Waals surface area contributed by atoms with Crippen molar-refractivity contribution in [3.05, 3.63) is 23.3 Å². The Morgan fingerprint density at radius 2 is 2.11 bits per heavy atom. The molecule has 0 spiro atoms. The van der Waals surface area contributed by atoms with Gasteiger partial charge in [0.25, 0.3) is 0 Å². The maximum Gasteiger partial charge on any atom is 0.525 e. The fourth-order valence-corrected chi connectivity index (χ4v) is 1.96. The highest BCUT2D eigenvalue weighted by Gasteiger charge is 2.35. The van der Waals surface area contributed by atoms with Crippen LogP contribution in [0.15, 0.2) is 12.1 Å². The number of aliphatic hydroxyl groups excluding tert-OH is 1. The average Bonchev–Trinajstić information content (AvgIpc) is 2.41. The summed E-state index contributed by atoms with van der Waals surface area (Å²) in [5.74, 6) is -0.738. The van der Waals surface area contributed by atoms with E-state index >= 15 is 0 Å². The second-order valence-electron chi connectivity index (χ2n) is 4.13. The molecule has 6 nitrogen and oxygen atoms in total. The molecule has 1 aliphatic rings. The lowest BCUT2D eigenvalue weighted by Gasteiger charge is -2.26. The summed E-state index contributed by atoms with van der Waals surface area (Å²) in [5, 5.41) is 25.8. The summed E-state index contributed by atoms with van der Waals surface area (Å²) in [6, 6.07) is 3.37. The lowest BCUT2D eigenvalue weighted by Crippen LogP contribution is -2.33. The van der Waals surface area contributed by atoms with Gasteiger partial charge in [-0.05, 0) is 18.1 Å². The maximum absolute atomic E-state index is 11.2. The number of carboxylic acids is 1. The van der Waals surface area contributed by atoms with Crippen molar-refractivity contribution in [2.45, 2.75) is 19.2 Å². The lowest BCUT2D eigenvalue weighted by molar-refractivity contribution is 0.0690. The highest BCUT2D eigenvalue weighted by Crippen LogP contribution is 2.38. The molecule has 1 aromatic rings. The molecular weight excluding hydrogens is 251 g/mol. The Hall–Kier alpha value is -1.73. The molecule has 0 radical (unpaired) electrons. The third kappa shape index (κ3) is 3.00. The predicted octanol–water partition coefficient (Wildman–Crippen LogP) is 0.807. The van der Waals surface area contributed by atoms with Gasteiger partial charge in [-0.2, -0.15) is 0 Å². The second kappa shape index (κ2) is 6.44. The quantitative estimate of drug-likeness (QED) is 0.687. The van der Waals surface area contributed by atoms with Crippen LogP contribution >= 0.6 is 0 Å². The van der Waals surface area contributed by atoms with Crippen LogP contribution in [-0.2, 0) is 6.42 Å². The standard InChI is InChI=1S/C11H13BO5.CH4O/c1-6-5-7-3-4-8(16-2)9(11(13)14)10(7)17-12(6)15;1-2/h3-4,6,15H,5H2,1-2H3,(H,13,14);2H,1H3. The number of hydrogen-bond acceptors (Lipinski definition) is 5. The fraction of sp³-hybridized carbons (Fsp3) is 0.417.